The molecule has 1 rings (SSSR count). The minimum Gasteiger partial charge on any atom is -0.445 e. The first-order valence-corrected chi connectivity index (χ1v) is 9.19. The highest BCUT2D eigenvalue weighted by molar-refractivity contribution is 5.69. The number of rotatable bonds is 13. The molecule has 1 saturated heterocycles. The van der Waals surface area contributed by atoms with Crippen molar-refractivity contribution in [3.05, 3.63) is 0 Å². The summed E-state index contributed by atoms with van der Waals surface area (Å²) in [6.45, 7) is 3.12. The smallest absolute Gasteiger partial charge is 0.307 e. The molecule has 1 radical (unpaired) electrons. The van der Waals surface area contributed by atoms with E-state index in [9.17, 15) is 4.79 Å². The highest BCUT2D eigenvalue weighted by Gasteiger charge is 2.19. The van der Waals surface area contributed by atoms with Gasteiger partial charge in [-0.1, -0.05) is 71.1 Å². The van der Waals surface area contributed by atoms with Gasteiger partial charge in [0.05, 0.1) is 0 Å². The summed E-state index contributed by atoms with van der Waals surface area (Å²) in [5, 5.41) is 4.24. The molecular formula is C18H34NO2. The van der Waals surface area contributed by atoms with E-state index >= 15 is 0 Å². The maximum atomic E-state index is 11.6. The van der Waals surface area contributed by atoms with Crippen LogP contribution in [-0.2, 0) is 9.53 Å². The topological polar surface area (TPSA) is 40.4 Å². The van der Waals surface area contributed by atoms with E-state index in [1.54, 1.807) is 0 Å². The number of unbranched alkanes of at least 4 members (excludes halogenated alkanes) is 10. The second-order valence-electron chi connectivity index (χ2n) is 6.28. The lowest BCUT2D eigenvalue weighted by Gasteiger charge is -2.10. The van der Waals surface area contributed by atoms with Crippen molar-refractivity contribution in [2.45, 2.75) is 103 Å². The van der Waals surface area contributed by atoms with Crippen molar-refractivity contribution in [3.8, 4) is 0 Å². The Morgan fingerprint density at radius 2 is 1.52 bits per heavy atom. The van der Waals surface area contributed by atoms with Gasteiger partial charge in [-0.25, -0.2) is 5.32 Å². The molecule has 0 aromatic carbocycles. The Morgan fingerprint density at radius 3 is 2.05 bits per heavy atom. The van der Waals surface area contributed by atoms with E-state index in [-0.39, 0.29) is 12.2 Å². The Labute approximate surface area is 131 Å². The summed E-state index contributed by atoms with van der Waals surface area (Å²) < 4.78 is 5.30. The van der Waals surface area contributed by atoms with Crippen molar-refractivity contribution < 1.29 is 9.53 Å². The number of carbonyl (C=O) groups excluding carboxylic acids is 1. The number of ether oxygens (including phenoxy) is 1. The van der Waals surface area contributed by atoms with E-state index in [4.69, 9.17) is 4.74 Å². The summed E-state index contributed by atoms with van der Waals surface area (Å²) >= 11 is 0. The van der Waals surface area contributed by atoms with E-state index in [0.717, 1.165) is 32.2 Å². The van der Waals surface area contributed by atoms with Crippen LogP contribution < -0.4 is 5.32 Å². The molecule has 1 fully saturated rings. The number of hydrogen-bond acceptors (Lipinski definition) is 2. The van der Waals surface area contributed by atoms with E-state index in [1.807, 2.05) is 0 Å². The molecule has 0 aromatic rings. The highest BCUT2D eigenvalue weighted by Crippen LogP contribution is 2.13. The van der Waals surface area contributed by atoms with Crippen LogP contribution in [0.1, 0.15) is 96.8 Å². The molecule has 123 valence electrons. The molecule has 3 heteroatoms. The molecule has 0 N–H and O–H groups in total. The number of nitrogens with zero attached hydrogens (tertiary/aromatic N) is 1. The summed E-state index contributed by atoms with van der Waals surface area (Å²) in [6, 6.07) is 0. The van der Waals surface area contributed by atoms with Crippen LogP contribution >= 0.6 is 0 Å². The monoisotopic (exact) mass is 296 g/mol. The van der Waals surface area contributed by atoms with Crippen LogP contribution in [-0.4, -0.2) is 18.7 Å². The summed E-state index contributed by atoms with van der Waals surface area (Å²) in [5.41, 5.74) is 0. The van der Waals surface area contributed by atoms with Crippen molar-refractivity contribution in [1.29, 1.82) is 0 Å². The zero-order chi connectivity index (χ0) is 15.2. The standard InChI is InChI=1S/C18H34NO2/c1-2-3-4-5-6-7-8-9-10-11-12-15-18(20)21-17-14-13-16-19-17/h17H,2-16H2,1H3. The molecule has 0 saturated carbocycles. The van der Waals surface area contributed by atoms with Gasteiger partial charge in [0.1, 0.15) is 0 Å². The van der Waals surface area contributed by atoms with Crippen molar-refractivity contribution in [3.63, 3.8) is 0 Å². The van der Waals surface area contributed by atoms with Crippen molar-refractivity contribution in [2.75, 3.05) is 6.54 Å². The first kappa shape index (κ1) is 18.5. The lowest BCUT2D eigenvalue weighted by atomic mass is 10.1. The molecule has 0 spiro atoms. The highest BCUT2D eigenvalue weighted by atomic mass is 16.6. The van der Waals surface area contributed by atoms with Gasteiger partial charge in [-0.3, -0.25) is 4.79 Å². The van der Waals surface area contributed by atoms with Crippen molar-refractivity contribution in [2.24, 2.45) is 0 Å². The third kappa shape index (κ3) is 10.8. The second-order valence-corrected chi connectivity index (χ2v) is 6.28. The molecule has 3 nitrogen and oxygen atoms in total. The molecular weight excluding hydrogens is 262 g/mol. The minimum atomic E-state index is -0.134. The molecule has 0 aliphatic carbocycles. The fraction of sp³-hybridized carbons (Fsp3) is 0.944. The quantitative estimate of drug-likeness (QED) is 0.356. The van der Waals surface area contributed by atoms with Gasteiger partial charge >= 0.3 is 5.97 Å². The van der Waals surface area contributed by atoms with Gasteiger partial charge in [-0.15, -0.1) is 0 Å². The van der Waals surface area contributed by atoms with Gasteiger partial charge < -0.3 is 4.74 Å². The van der Waals surface area contributed by atoms with Crippen LogP contribution in [0.3, 0.4) is 0 Å². The number of carbonyl (C=O) groups is 1. The fourth-order valence-corrected chi connectivity index (χ4v) is 2.83. The van der Waals surface area contributed by atoms with E-state index in [2.05, 4.69) is 12.2 Å². The maximum Gasteiger partial charge on any atom is 0.307 e. The summed E-state index contributed by atoms with van der Waals surface area (Å²) in [6.07, 6.45) is 16.8. The van der Waals surface area contributed by atoms with Gasteiger partial charge in [-0.05, 0) is 12.8 Å². The average molecular weight is 296 g/mol. The Balaban J connectivity index is 1.76. The van der Waals surface area contributed by atoms with Crippen molar-refractivity contribution in [1.82, 2.24) is 5.32 Å². The molecule has 21 heavy (non-hydrogen) atoms. The van der Waals surface area contributed by atoms with Crippen LogP contribution in [0.5, 0.6) is 0 Å². The minimum absolute atomic E-state index is 0.0541. The van der Waals surface area contributed by atoms with Crippen LogP contribution in [0.15, 0.2) is 0 Å². The third-order valence-electron chi connectivity index (χ3n) is 4.19. The van der Waals surface area contributed by atoms with Gasteiger partial charge in [0.25, 0.3) is 0 Å². The maximum absolute atomic E-state index is 11.6. The van der Waals surface area contributed by atoms with Gasteiger partial charge in [0, 0.05) is 19.4 Å². The Bertz CT molecular complexity index is 250. The lowest BCUT2D eigenvalue weighted by molar-refractivity contribution is -0.150. The first-order chi connectivity index (χ1) is 10.3. The Kier molecular flexibility index (Phi) is 11.5. The SMILES string of the molecule is CCCCCCCCCCCCCC(=O)OC1CCC[N]1. The van der Waals surface area contributed by atoms with Crippen LogP contribution in [0.2, 0.25) is 0 Å². The molecule has 0 aromatic heterocycles. The lowest BCUT2D eigenvalue weighted by Crippen LogP contribution is -2.22. The van der Waals surface area contributed by atoms with Crippen LogP contribution in [0.25, 0.3) is 0 Å². The first-order valence-electron chi connectivity index (χ1n) is 9.19. The Morgan fingerprint density at radius 1 is 0.952 bits per heavy atom. The van der Waals surface area contributed by atoms with Crippen molar-refractivity contribution >= 4 is 5.97 Å². The summed E-state index contributed by atoms with van der Waals surface area (Å²) in [5.74, 6) is -0.0541. The fourth-order valence-electron chi connectivity index (χ4n) is 2.83. The number of hydrogen-bond donors (Lipinski definition) is 0. The zero-order valence-corrected chi connectivity index (χ0v) is 13.9. The average Bonchev–Trinajstić information content (AvgIpc) is 2.97. The molecule has 1 heterocycles. The molecule has 0 bridgehead atoms. The van der Waals surface area contributed by atoms with E-state index in [1.165, 1.54) is 57.8 Å². The van der Waals surface area contributed by atoms with Crippen LogP contribution in [0.4, 0.5) is 0 Å². The predicted molar refractivity (Wildman–Crippen MR) is 87.2 cm³/mol. The van der Waals surface area contributed by atoms with E-state index in [0.29, 0.717) is 6.42 Å². The molecule has 1 atom stereocenters. The van der Waals surface area contributed by atoms with Crippen LogP contribution in [0, 0.1) is 0 Å². The normalized spacial score (nSPS) is 18.0. The summed E-state index contributed by atoms with van der Waals surface area (Å²) in [7, 11) is 0. The molecule has 1 unspecified atom stereocenters. The molecule has 1 aliphatic heterocycles. The molecule has 0 amide bonds. The van der Waals surface area contributed by atoms with E-state index < -0.39 is 0 Å². The number of esters is 1. The molecule has 1 aliphatic rings. The Hall–Kier alpha value is -0.570. The van der Waals surface area contributed by atoms with Gasteiger partial charge in [-0.2, -0.15) is 0 Å². The second kappa shape index (κ2) is 13.1. The third-order valence-corrected chi connectivity index (χ3v) is 4.19. The van der Waals surface area contributed by atoms with Gasteiger partial charge in [0.2, 0.25) is 0 Å². The summed E-state index contributed by atoms with van der Waals surface area (Å²) in [4.78, 5) is 11.6. The van der Waals surface area contributed by atoms with Gasteiger partial charge in [0.15, 0.2) is 6.23 Å². The largest absolute Gasteiger partial charge is 0.445 e. The predicted octanol–water partition coefficient (Wildman–Crippen LogP) is 4.96. The zero-order valence-electron chi connectivity index (χ0n) is 13.9.